The number of nitrogens with one attached hydrogen (secondary N) is 1. The first-order valence-electron chi connectivity index (χ1n) is 5.25. The van der Waals surface area contributed by atoms with Crippen LogP contribution in [-0.2, 0) is 7.05 Å². The van der Waals surface area contributed by atoms with Crippen LogP contribution in [0, 0.1) is 5.82 Å². The minimum atomic E-state index is -0.599. The van der Waals surface area contributed by atoms with Crippen LogP contribution in [0.4, 0.5) is 4.39 Å². The monoisotopic (exact) mass is 283 g/mol. The van der Waals surface area contributed by atoms with Crippen molar-refractivity contribution in [2.45, 2.75) is 5.16 Å². The van der Waals surface area contributed by atoms with E-state index < -0.39 is 11.6 Å². The molecule has 0 fully saturated rings. The van der Waals surface area contributed by atoms with Crippen molar-refractivity contribution in [3.05, 3.63) is 40.1 Å². The van der Waals surface area contributed by atoms with Gasteiger partial charge in [-0.1, -0.05) is 11.8 Å². The first-order valence-corrected chi connectivity index (χ1v) is 6.23. The molecule has 2 N–H and O–H groups in total. The summed E-state index contributed by atoms with van der Waals surface area (Å²) in [5.41, 5.74) is -0.475. The van der Waals surface area contributed by atoms with Crippen molar-refractivity contribution in [3.8, 4) is 5.75 Å². The van der Waals surface area contributed by atoms with Crippen LogP contribution in [0.25, 0.3) is 0 Å². The maximum absolute atomic E-state index is 13.0. The maximum atomic E-state index is 13.0. The number of phenols is 1. The number of benzene rings is 1. The van der Waals surface area contributed by atoms with Crippen LogP contribution in [0.2, 0.25) is 0 Å². The summed E-state index contributed by atoms with van der Waals surface area (Å²) in [6.07, 6.45) is 0. The summed E-state index contributed by atoms with van der Waals surface area (Å²) in [6, 6.07) is 3.16. The van der Waals surface area contributed by atoms with Gasteiger partial charge < -0.3 is 5.11 Å². The molecular weight excluding hydrogens is 273 g/mol. The number of Topliss-reactive ketones (excluding diaryl/α,β-unsaturated/α-hetero) is 1. The Balaban J connectivity index is 2.12. The minimum Gasteiger partial charge on any atom is -0.507 e. The molecule has 19 heavy (non-hydrogen) atoms. The summed E-state index contributed by atoms with van der Waals surface area (Å²) in [4.78, 5) is 22.9. The SMILES string of the molecule is Cn1c(SCC(=O)c2cc(F)ccc2O)n[nH]c1=O. The zero-order valence-corrected chi connectivity index (χ0v) is 10.7. The maximum Gasteiger partial charge on any atom is 0.343 e. The van der Waals surface area contributed by atoms with Crippen LogP contribution < -0.4 is 5.69 Å². The van der Waals surface area contributed by atoms with Crippen LogP contribution in [-0.4, -0.2) is 31.4 Å². The zero-order chi connectivity index (χ0) is 14.0. The molecule has 0 amide bonds. The van der Waals surface area contributed by atoms with Crippen molar-refractivity contribution in [1.82, 2.24) is 14.8 Å². The molecule has 1 heterocycles. The number of aromatic hydroxyl groups is 1. The fourth-order valence-electron chi connectivity index (χ4n) is 1.40. The lowest BCUT2D eigenvalue weighted by molar-refractivity contribution is 0.101. The first-order chi connectivity index (χ1) is 8.99. The predicted molar refractivity (Wildman–Crippen MR) is 66.9 cm³/mol. The molecule has 0 unspecified atom stereocenters. The van der Waals surface area contributed by atoms with E-state index in [1.807, 2.05) is 0 Å². The van der Waals surface area contributed by atoms with Crippen LogP contribution in [0.3, 0.4) is 0 Å². The minimum absolute atomic E-state index is 0.0604. The van der Waals surface area contributed by atoms with Gasteiger partial charge in [-0.3, -0.25) is 9.36 Å². The number of carbonyl (C=O) groups excluding carboxylic acids is 1. The topological polar surface area (TPSA) is 88.0 Å². The second kappa shape index (κ2) is 5.27. The van der Waals surface area contributed by atoms with Crippen molar-refractivity contribution in [1.29, 1.82) is 0 Å². The average Bonchev–Trinajstić information content (AvgIpc) is 2.70. The lowest BCUT2D eigenvalue weighted by atomic mass is 10.1. The van der Waals surface area contributed by atoms with Crippen LogP contribution >= 0.6 is 11.8 Å². The van der Waals surface area contributed by atoms with E-state index in [0.29, 0.717) is 5.16 Å². The molecule has 2 aromatic rings. The van der Waals surface area contributed by atoms with Crippen molar-refractivity contribution in [2.24, 2.45) is 7.05 Å². The lowest BCUT2D eigenvalue weighted by Gasteiger charge is -2.03. The van der Waals surface area contributed by atoms with Gasteiger partial charge >= 0.3 is 5.69 Å². The molecule has 0 spiro atoms. The van der Waals surface area contributed by atoms with Gasteiger partial charge in [-0.2, -0.15) is 0 Å². The van der Waals surface area contributed by atoms with Crippen LogP contribution in [0.5, 0.6) is 5.75 Å². The molecule has 0 atom stereocenters. The van der Waals surface area contributed by atoms with Crippen LogP contribution in [0.15, 0.2) is 28.2 Å². The van der Waals surface area contributed by atoms with Gasteiger partial charge in [-0.05, 0) is 18.2 Å². The molecule has 8 heteroatoms. The molecular formula is C11H10FN3O3S. The van der Waals surface area contributed by atoms with Crippen LogP contribution in [0.1, 0.15) is 10.4 Å². The van der Waals surface area contributed by atoms with E-state index in [1.165, 1.54) is 11.6 Å². The molecule has 0 saturated heterocycles. The molecule has 1 aromatic carbocycles. The van der Waals surface area contributed by atoms with E-state index in [4.69, 9.17) is 0 Å². The number of hydrogen-bond acceptors (Lipinski definition) is 5. The number of carbonyl (C=O) groups is 1. The number of thioether (sulfide) groups is 1. The number of phenolic OH excluding ortho intramolecular Hbond substituents is 1. The molecule has 100 valence electrons. The summed E-state index contributed by atoms with van der Waals surface area (Å²) in [5, 5.41) is 15.8. The van der Waals surface area contributed by atoms with Crippen molar-refractivity contribution < 1.29 is 14.3 Å². The second-order valence-corrected chi connectivity index (χ2v) is 4.69. The molecule has 1 aromatic heterocycles. The summed E-state index contributed by atoms with van der Waals surface area (Å²) in [6.45, 7) is 0. The third-order valence-electron chi connectivity index (χ3n) is 2.43. The van der Waals surface area contributed by atoms with Gasteiger partial charge in [-0.15, -0.1) is 5.10 Å². The highest BCUT2D eigenvalue weighted by molar-refractivity contribution is 7.99. The largest absolute Gasteiger partial charge is 0.507 e. The van der Waals surface area contributed by atoms with Gasteiger partial charge in [0.25, 0.3) is 0 Å². The van der Waals surface area contributed by atoms with Gasteiger partial charge in [0.15, 0.2) is 10.9 Å². The van der Waals surface area contributed by atoms with E-state index in [9.17, 15) is 19.1 Å². The lowest BCUT2D eigenvalue weighted by Crippen LogP contribution is -2.13. The quantitative estimate of drug-likeness (QED) is 0.643. The molecule has 0 aliphatic rings. The molecule has 6 nitrogen and oxygen atoms in total. The number of ketones is 1. The molecule has 0 aliphatic carbocycles. The molecule has 0 aliphatic heterocycles. The fraction of sp³-hybridized carbons (Fsp3) is 0.182. The Morgan fingerprint density at radius 1 is 1.58 bits per heavy atom. The Morgan fingerprint density at radius 2 is 2.32 bits per heavy atom. The summed E-state index contributed by atoms with van der Waals surface area (Å²) < 4.78 is 14.3. The van der Waals surface area contributed by atoms with E-state index >= 15 is 0 Å². The van der Waals surface area contributed by atoms with Gasteiger partial charge in [-0.25, -0.2) is 14.3 Å². The van der Waals surface area contributed by atoms with Crippen molar-refractivity contribution in [3.63, 3.8) is 0 Å². The van der Waals surface area contributed by atoms with E-state index in [1.54, 1.807) is 0 Å². The van der Waals surface area contributed by atoms with Gasteiger partial charge in [0.1, 0.15) is 11.6 Å². The predicted octanol–water partition coefficient (Wildman–Crippen LogP) is 0.928. The number of rotatable bonds is 4. The number of nitrogens with zero attached hydrogens (tertiary/aromatic N) is 2. The summed E-state index contributed by atoms with van der Waals surface area (Å²) in [5.74, 6) is -1.38. The van der Waals surface area contributed by atoms with E-state index in [2.05, 4.69) is 10.2 Å². The standard InChI is InChI=1S/C11H10FN3O3S/c1-15-10(18)13-14-11(15)19-5-9(17)7-4-6(12)2-3-8(7)16/h2-4,16H,5H2,1H3,(H,13,18). The smallest absolute Gasteiger partial charge is 0.343 e. The Morgan fingerprint density at radius 3 is 2.95 bits per heavy atom. The van der Waals surface area contributed by atoms with Crippen molar-refractivity contribution >= 4 is 17.5 Å². The second-order valence-electron chi connectivity index (χ2n) is 3.74. The summed E-state index contributed by atoms with van der Waals surface area (Å²) in [7, 11) is 1.51. The van der Waals surface area contributed by atoms with Gasteiger partial charge in [0, 0.05) is 7.05 Å². The fourth-order valence-corrected chi connectivity index (χ4v) is 2.20. The molecule has 0 radical (unpaired) electrons. The highest BCUT2D eigenvalue weighted by Crippen LogP contribution is 2.21. The Labute approximate surface area is 111 Å². The van der Waals surface area contributed by atoms with Gasteiger partial charge in [0.2, 0.25) is 0 Å². The highest BCUT2D eigenvalue weighted by atomic mass is 32.2. The Kier molecular flexibility index (Phi) is 3.70. The third kappa shape index (κ3) is 2.84. The van der Waals surface area contributed by atoms with E-state index in [0.717, 1.165) is 30.0 Å². The number of aromatic nitrogens is 3. The number of hydrogen-bond donors (Lipinski definition) is 2. The normalized spacial score (nSPS) is 10.6. The third-order valence-corrected chi connectivity index (χ3v) is 3.46. The average molecular weight is 283 g/mol. The van der Waals surface area contributed by atoms with Gasteiger partial charge in [0.05, 0.1) is 11.3 Å². The number of H-pyrrole nitrogens is 1. The number of aromatic amines is 1. The molecule has 2 rings (SSSR count). The molecule has 0 bridgehead atoms. The number of halogens is 1. The Bertz CT molecular complexity index is 680. The Hall–Kier alpha value is -2.09. The molecule has 0 saturated carbocycles. The van der Waals surface area contributed by atoms with Crippen molar-refractivity contribution in [2.75, 3.05) is 5.75 Å². The first kappa shape index (κ1) is 13.3. The summed E-state index contributed by atoms with van der Waals surface area (Å²) >= 11 is 1.02. The highest BCUT2D eigenvalue weighted by Gasteiger charge is 2.14. The van der Waals surface area contributed by atoms with E-state index in [-0.39, 0.29) is 22.8 Å². The zero-order valence-electron chi connectivity index (χ0n) is 9.88.